The van der Waals surface area contributed by atoms with Crippen molar-refractivity contribution in [3.8, 4) is 0 Å². The van der Waals surface area contributed by atoms with Crippen LogP contribution in [0.2, 0.25) is 0 Å². The van der Waals surface area contributed by atoms with Gasteiger partial charge in [0, 0.05) is 29.7 Å². The number of nitrogens with zero attached hydrogens (tertiary/aromatic N) is 2. The number of hydrogen-bond acceptors (Lipinski definition) is 5. The number of pyridine rings is 1. The lowest BCUT2D eigenvalue weighted by atomic mass is 9.70. The third kappa shape index (κ3) is 3.36. The molecule has 0 bridgehead atoms. The Morgan fingerprint density at radius 1 is 1.52 bits per heavy atom. The normalized spacial score (nSPS) is 27.8. The first-order valence-corrected chi connectivity index (χ1v) is 7.81. The third-order valence-electron chi connectivity index (χ3n) is 5.11. The van der Waals surface area contributed by atoms with Crippen molar-refractivity contribution in [2.24, 2.45) is 11.8 Å². The fraction of sp³-hybridized carbons (Fsp3) is 0.688. The lowest BCUT2D eigenvalue weighted by molar-refractivity contribution is 0.0373. The van der Waals surface area contributed by atoms with Crippen LogP contribution in [0, 0.1) is 5.92 Å². The molecule has 0 spiro atoms. The first-order valence-electron chi connectivity index (χ1n) is 7.81. The summed E-state index contributed by atoms with van der Waals surface area (Å²) in [7, 11) is 4.32. The van der Waals surface area contributed by atoms with Crippen molar-refractivity contribution in [3.63, 3.8) is 0 Å². The minimum atomic E-state index is 0.0781. The quantitative estimate of drug-likeness (QED) is 0.566. The molecule has 5 N–H and O–H groups in total. The molecule has 1 aromatic heterocycles. The summed E-state index contributed by atoms with van der Waals surface area (Å²) in [5.74, 6) is 6.66. The molecule has 0 amide bonds. The molecule has 0 aromatic carbocycles. The van der Waals surface area contributed by atoms with Crippen molar-refractivity contribution in [3.05, 3.63) is 24.0 Å². The number of nitrogens with two attached hydrogens (primary N) is 2. The fourth-order valence-corrected chi connectivity index (χ4v) is 3.83. The zero-order valence-electron chi connectivity index (χ0n) is 13.5. The lowest BCUT2D eigenvalue weighted by Crippen LogP contribution is -2.63. The molecular formula is C16H29N5. The van der Waals surface area contributed by atoms with Crippen LogP contribution in [0.3, 0.4) is 0 Å². The number of nitrogens with one attached hydrogen (secondary N) is 1. The van der Waals surface area contributed by atoms with Crippen LogP contribution in [-0.2, 0) is 6.42 Å². The highest BCUT2D eigenvalue weighted by molar-refractivity contribution is 5.45. The van der Waals surface area contributed by atoms with E-state index < -0.39 is 0 Å². The highest BCUT2D eigenvalue weighted by atomic mass is 15.3. The van der Waals surface area contributed by atoms with Gasteiger partial charge in [-0.1, -0.05) is 19.8 Å². The fourth-order valence-electron chi connectivity index (χ4n) is 3.83. The number of nitrogen functional groups attached to an aromatic ring is 1. The molecule has 1 aromatic rings. The maximum atomic E-state index is 6.08. The van der Waals surface area contributed by atoms with Gasteiger partial charge in [0.25, 0.3) is 0 Å². The SMILES string of the molecule is CC1CCCC(C(Cc2cnccc2N)NN)(N(C)C)C1. The predicted octanol–water partition coefficient (Wildman–Crippen LogP) is 1.55. The second kappa shape index (κ2) is 6.73. The summed E-state index contributed by atoms with van der Waals surface area (Å²) in [6, 6.07) is 2.02. The molecule has 21 heavy (non-hydrogen) atoms. The molecule has 1 heterocycles. The van der Waals surface area contributed by atoms with Crippen molar-refractivity contribution in [2.45, 2.75) is 50.6 Å². The van der Waals surface area contributed by atoms with Crippen molar-refractivity contribution in [2.75, 3.05) is 19.8 Å². The monoisotopic (exact) mass is 291 g/mol. The van der Waals surface area contributed by atoms with E-state index in [1.807, 2.05) is 12.3 Å². The van der Waals surface area contributed by atoms with Crippen molar-refractivity contribution < 1.29 is 0 Å². The zero-order valence-corrected chi connectivity index (χ0v) is 13.5. The summed E-state index contributed by atoms with van der Waals surface area (Å²) < 4.78 is 0. The molecule has 1 aliphatic carbocycles. The highest BCUT2D eigenvalue weighted by Gasteiger charge is 2.43. The molecule has 1 fully saturated rings. The van der Waals surface area contributed by atoms with E-state index in [0.717, 1.165) is 30.0 Å². The summed E-state index contributed by atoms with van der Waals surface area (Å²) in [6.07, 6.45) is 9.28. The van der Waals surface area contributed by atoms with Gasteiger partial charge < -0.3 is 10.6 Å². The van der Waals surface area contributed by atoms with Crippen molar-refractivity contribution >= 4 is 5.69 Å². The van der Waals surface area contributed by atoms with Gasteiger partial charge in [0.2, 0.25) is 0 Å². The maximum Gasteiger partial charge on any atom is 0.0436 e. The summed E-state index contributed by atoms with van der Waals surface area (Å²) >= 11 is 0. The van der Waals surface area contributed by atoms with E-state index in [9.17, 15) is 0 Å². The number of hydrazine groups is 1. The predicted molar refractivity (Wildman–Crippen MR) is 87.5 cm³/mol. The first-order chi connectivity index (χ1) is 9.99. The summed E-state index contributed by atoms with van der Waals surface area (Å²) in [5, 5.41) is 0. The number of rotatable bonds is 5. The van der Waals surface area contributed by atoms with Gasteiger partial charge in [0.05, 0.1) is 0 Å². The Balaban J connectivity index is 2.26. The average molecular weight is 291 g/mol. The molecule has 0 saturated heterocycles. The number of likely N-dealkylation sites (N-methyl/N-ethyl adjacent to an activating group) is 1. The van der Waals surface area contributed by atoms with Gasteiger partial charge in [-0.25, -0.2) is 0 Å². The second-order valence-electron chi connectivity index (χ2n) is 6.70. The molecule has 3 atom stereocenters. The average Bonchev–Trinajstić information content (AvgIpc) is 2.46. The molecule has 1 aliphatic rings. The van der Waals surface area contributed by atoms with Gasteiger partial charge in [0.15, 0.2) is 0 Å². The Morgan fingerprint density at radius 3 is 2.86 bits per heavy atom. The minimum absolute atomic E-state index is 0.0781. The van der Waals surface area contributed by atoms with Gasteiger partial charge in [-0.3, -0.25) is 16.3 Å². The molecule has 0 radical (unpaired) electrons. The molecule has 5 nitrogen and oxygen atoms in total. The van der Waals surface area contributed by atoms with Crippen molar-refractivity contribution in [1.82, 2.24) is 15.3 Å². The van der Waals surface area contributed by atoms with Crippen molar-refractivity contribution in [1.29, 1.82) is 0 Å². The lowest BCUT2D eigenvalue weighted by Gasteiger charge is -2.50. The van der Waals surface area contributed by atoms with Crippen LogP contribution in [0.25, 0.3) is 0 Å². The summed E-state index contributed by atoms with van der Waals surface area (Å²) in [5.41, 5.74) is 11.1. The maximum absolute atomic E-state index is 6.08. The van der Waals surface area contributed by atoms with E-state index in [2.05, 4.69) is 36.3 Å². The highest BCUT2D eigenvalue weighted by Crippen LogP contribution is 2.39. The number of hydrogen-bond donors (Lipinski definition) is 3. The zero-order chi connectivity index (χ0) is 15.5. The molecular weight excluding hydrogens is 262 g/mol. The molecule has 5 heteroatoms. The first kappa shape index (κ1) is 16.2. The van der Waals surface area contributed by atoms with Gasteiger partial charge in [-0.05, 0) is 50.9 Å². The Kier molecular flexibility index (Phi) is 5.19. The van der Waals surface area contributed by atoms with Crippen LogP contribution in [0.1, 0.15) is 38.2 Å². The third-order valence-corrected chi connectivity index (χ3v) is 5.11. The van der Waals surface area contributed by atoms with Crippen LogP contribution in [-0.4, -0.2) is 35.6 Å². The van der Waals surface area contributed by atoms with Crippen LogP contribution < -0.4 is 17.0 Å². The van der Waals surface area contributed by atoms with E-state index in [0.29, 0.717) is 0 Å². The van der Waals surface area contributed by atoms with Gasteiger partial charge in [-0.2, -0.15) is 0 Å². The van der Waals surface area contributed by atoms with E-state index in [1.165, 1.54) is 19.3 Å². The topological polar surface area (TPSA) is 80.2 Å². The number of aromatic nitrogens is 1. The Bertz CT molecular complexity index is 462. The smallest absolute Gasteiger partial charge is 0.0436 e. The van der Waals surface area contributed by atoms with E-state index >= 15 is 0 Å². The van der Waals surface area contributed by atoms with Gasteiger partial charge in [-0.15, -0.1) is 0 Å². The summed E-state index contributed by atoms with van der Waals surface area (Å²) in [6.45, 7) is 2.34. The van der Waals surface area contributed by atoms with Gasteiger partial charge >= 0.3 is 0 Å². The van der Waals surface area contributed by atoms with Crippen LogP contribution in [0.5, 0.6) is 0 Å². The molecule has 1 saturated carbocycles. The Morgan fingerprint density at radius 2 is 2.29 bits per heavy atom. The number of anilines is 1. The summed E-state index contributed by atoms with van der Waals surface area (Å²) in [4.78, 5) is 6.55. The Hall–Kier alpha value is -1.17. The van der Waals surface area contributed by atoms with Crippen LogP contribution >= 0.6 is 0 Å². The van der Waals surface area contributed by atoms with E-state index in [-0.39, 0.29) is 11.6 Å². The van der Waals surface area contributed by atoms with E-state index in [1.54, 1.807) is 6.20 Å². The largest absolute Gasteiger partial charge is 0.398 e. The molecule has 0 aliphatic heterocycles. The van der Waals surface area contributed by atoms with Crippen LogP contribution in [0.15, 0.2) is 18.5 Å². The molecule has 3 unspecified atom stereocenters. The molecule has 2 rings (SSSR count). The standard InChI is InChI=1S/C16H29N5/c1-12-5-4-7-16(10-12,21(2)3)15(20-18)9-13-11-19-8-6-14(13)17/h6,8,11-12,15,20H,4-5,7,9-10,18H2,1-3H3,(H2,17,19). The Labute approximate surface area is 128 Å². The van der Waals surface area contributed by atoms with E-state index in [4.69, 9.17) is 11.6 Å². The van der Waals surface area contributed by atoms with Crippen LogP contribution in [0.4, 0.5) is 5.69 Å². The second-order valence-corrected chi connectivity index (χ2v) is 6.70. The molecule has 118 valence electrons. The minimum Gasteiger partial charge on any atom is -0.398 e. The van der Waals surface area contributed by atoms with Gasteiger partial charge in [0.1, 0.15) is 0 Å².